The van der Waals surface area contributed by atoms with Crippen molar-refractivity contribution >= 4 is 16.7 Å². The fourth-order valence-corrected chi connectivity index (χ4v) is 3.93. The van der Waals surface area contributed by atoms with E-state index in [0.29, 0.717) is 5.92 Å². The highest BCUT2D eigenvalue weighted by atomic mass is 16.5. The summed E-state index contributed by atoms with van der Waals surface area (Å²) in [6.45, 7) is 4.47. The first-order chi connectivity index (χ1) is 10.2. The molecule has 0 spiro atoms. The summed E-state index contributed by atoms with van der Waals surface area (Å²) in [4.78, 5) is 6.97. The van der Waals surface area contributed by atoms with Crippen molar-refractivity contribution in [3.8, 4) is 0 Å². The molecule has 0 N–H and O–H groups in total. The number of rotatable bonds is 3. The number of nitrogens with zero attached hydrogens (tertiary/aromatic N) is 3. The second-order valence-electron chi connectivity index (χ2n) is 6.38. The maximum atomic E-state index is 5.72. The number of hydrogen-bond acceptors (Lipinski definition) is 4. The van der Waals surface area contributed by atoms with E-state index in [9.17, 15) is 0 Å². The summed E-state index contributed by atoms with van der Waals surface area (Å²) < 4.78 is 13.3. The van der Waals surface area contributed by atoms with Crippen LogP contribution in [0.3, 0.4) is 0 Å². The van der Waals surface area contributed by atoms with Gasteiger partial charge in [-0.05, 0) is 12.1 Å². The molecule has 0 amide bonds. The highest BCUT2D eigenvalue weighted by Gasteiger charge is 2.51. The third kappa shape index (κ3) is 1.88. The van der Waals surface area contributed by atoms with Crippen LogP contribution in [0.1, 0.15) is 0 Å². The van der Waals surface area contributed by atoms with E-state index in [-0.39, 0.29) is 5.41 Å². The van der Waals surface area contributed by atoms with Crippen LogP contribution in [-0.2, 0) is 16.5 Å². The predicted molar refractivity (Wildman–Crippen MR) is 81.5 cm³/mol. The third-order valence-electron chi connectivity index (χ3n) is 5.04. The second-order valence-corrected chi connectivity index (χ2v) is 6.38. The average molecular weight is 287 g/mol. The molecule has 21 heavy (non-hydrogen) atoms. The molecule has 0 unspecified atom stereocenters. The van der Waals surface area contributed by atoms with Crippen LogP contribution >= 0.6 is 0 Å². The van der Waals surface area contributed by atoms with Crippen LogP contribution in [0.4, 0.5) is 5.69 Å². The zero-order valence-electron chi connectivity index (χ0n) is 12.6. The first-order valence-electron chi connectivity index (χ1n) is 7.45. The quantitative estimate of drug-likeness (QED) is 0.861. The molecule has 0 saturated carbocycles. The summed E-state index contributed by atoms with van der Waals surface area (Å²) in [7, 11) is 3.83. The van der Waals surface area contributed by atoms with Gasteiger partial charge in [-0.1, -0.05) is 0 Å². The van der Waals surface area contributed by atoms with Gasteiger partial charge in [0.1, 0.15) is 5.65 Å². The van der Waals surface area contributed by atoms with Gasteiger partial charge in [0.2, 0.25) is 0 Å². The number of fused-ring (bicyclic) bond motifs is 2. The molecule has 2 saturated heterocycles. The Bertz CT molecular complexity index is 669. The number of aryl methyl sites for hydroxylation is 1. The fraction of sp³-hybridized carbons (Fsp3) is 0.562. The lowest BCUT2D eigenvalue weighted by atomic mass is 9.82. The molecule has 4 heterocycles. The van der Waals surface area contributed by atoms with Gasteiger partial charge in [0.05, 0.1) is 19.8 Å². The molecule has 0 radical (unpaired) electrons. The highest BCUT2D eigenvalue weighted by molar-refractivity contribution is 5.90. The van der Waals surface area contributed by atoms with Crippen molar-refractivity contribution in [2.75, 3.05) is 44.9 Å². The van der Waals surface area contributed by atoms with E-state index < -0.39 is 0 Å². The Morgan fingerprint density at radius 2 is 2.38 bits per heavy atom. The van der Waals surface area contributed by atoms with Crippen molar-refractivity contribution in [1.82, 2.24) is 9.55 Å². The Balaban J connectivity index is 1.71. The molecule has 5 heteroatoms. The second kappa shape index (κ2) is 4.71. The molecule has 2 aromatic rings. The summed E-state index contributed by atoms with van der Waals surface area (Å²) in [5.74, 6) is 0.560. The first kappa shape index (κ1) is 13.1. The first-order valence-corrected chi connectivity index (χ1v) is 7.45. The molecule has 2 aliphatic heterocycles. The summed E-state index contributed by atoms with van der Waals surface area (Å²) in [5.41, 5.74) is 2.48. The number of aromatic nitrogens is 2. The summed E-state index contributed by atoms with van der Waals surface area (Å²) in [6.07, 6.45) is 3.98. The molecule has 0 aliphatic carbocycles. The Morgan fingerprint density at radius 1 is 1.48 bits per heavy atom. The van der Waals surface area contributed by atoms with Crippen molar-refractivity contribution in [1.29, 1.82) is 0 Å². The minimum atomic E-state index is 0.152. The third-order valence-corrected chi connectivity index (χ3v) is 5.04. The molecule has 2 fully saturated rings. The van der Waals surface area contributed by atoms with Gasteiger partial charge < -0.3 is 18.9 Å². The summed E-state index contributed by atoms with van der Waals surface area (Å²) in [6, 6.07) is 4.29. The maximum absolute atomic E-state index is 5.72. The van der Waals surface area contributed by atoms with Crippen molar-refractivity contribution in [2.45, 2.75) is 0 Å². The van der Waals surface area contributed by atoms with E-state index in [1.165, 1.54) is 11.1 Å². The van der Waals surface area contributed by atoms with E-state index >= 15 is 0 Å². The molecule has 0 bridgehead atoms. The molecule has 2 aliphatic rings. The van der Waals surface area contributed by atoms with Crippen LogP contribution in [0.15, 0.2) is 24.5 Å². The lowest BCUT2D eigenvalue weighted by molar-refractivity contribution is 0.0660. The summed E-state index contributed by atoms with van der Waals surface area (Å²) in [5, 5.41) is 1.23. The number of anilines is 1. The molecule has 5 nitrogen and oxygen atoms in total. The van der Waals surface area contributed by atoms with Gasteiger partial charge >= 0.3 is 0 Å². The Morgan fingerprint density at radius 3 is 3.24 bits per heavy atom. The lowest BCUT2D eigenvalue weighted by Gasteiger charge is -2.26. The molecule has 2 aromatic heterocycles. The van der Waals surface area contributed by atoms with Crippen LogP contribution < -0.4 is 4.90 Å². The van der Waals surface area contributed by atoms with Crippen molar-refractivity contribution in [3.05, 3.63) is 24.5 Å². The van der Waals surface area contributed by atoms with Crippen LogP contribution in [0.2, 0.25) is 0 Å². The maximum Gasteiger partial charge on any atom is 0.141 e. The zero-order valence-corrected chi connectivity index (χ0v) is 12.6. The summed E-state index contributed by atoms with van der Waals surface area (Å²) >= 11 is 0. The molecular weight excluding hydrogens is 266 g/mol. The molecule has 2 atom stereocenters. The van der Waals surface area contributed by atoms with Gasteiger partial charge in [-0.15, -0.1) is 0 Å². The number of ether oxygens (including phenoxy) is 2. The molecule has 0 aromatic carbocycles. The minimum absolute atomic E-state index is 0.152. The largest absolute Gasteiger partial charge is 0.384 e. The topological polar surface area (TPSA) is 39.5 Å². The lowest BCUT2D eigenvalue weighted by Crippen LogP contribution is -2.35. The van der Waals surface area contributed by atoms with E-state index in [1.807, 2.05) is 13.2 Å². The monoisotopic (exact) mass is 287 g/mol. The fourth-order valence-electron chi connectivity index (χ4n) is 3.93. The smallest absolute Gasteiger partial charge is 0.141 e. The van der Waals surface area contributed by atoms with Gasteiger partial charge in [0.25, 0.3) is 0 Å². The minimum Gasteiger partial charge on any atom is -0.384 e. The van der Waals surface area contributed by atoms with Crippen molar-refractivity contribution < 1.29 is 9.47 Å². The highest BCUT2D eigenvalue weighted by Crippen LogP contribution is 2.44. The number of pyridine rings is 1. The Hall–Kier alpha value is -1.59. The van der Waals surface area contributed by atoms with Crippen LogP contribution in [0.25, 0.3) is 11.0 Å². The van der Waals surface area contributed by atoms with Crippen LogP contribution in [-0.4, -0.2) is 49.6 Å². The van der Waals surface area contributed by atoms with Crippen LogP contribution in [0, 0.1) is 11.3 Å². The van der Waals surface area contributed by atoms with Gasteiger partial charge in [-0.2, -0.15) is 0 Å². The standard InChI is InChI=1S/C16H21N3O2/c1-18-6-4-13-14(3-5-17-15(13)18)19-7-12-8-21-11-16(12,9-19)10-20-2/h3-6,12H,7-11H2,1-2H3/t12-,16-/m0/s1. The number of hydrogen-bond donors (Lipinski definition) is 0. The zero-order chi connectivity index (χ0) is 14.4. The van der Waals surface area contributed by atoms with Gasteiger partial charge in [-0.25, -0.2) is 4.98 Å². The van der Waals surface area contributed by atoms with Crippen molar-refractivity contribution in [3.63, 3.8) is 0 Å². The van der Waals surface area contributed by atoms with E-state index in [2.05, 4.69) is 32.8 Å². The molecule has 112 valence electrons. The number of methoxy groups -OCH3 is 1. The molecular formula is C16H21N3O2. The Labute approximate surface area is 124 Å². The van der Waals surface area contributed by atoms with Gasteiger partial charge in [0, 0.05) is 62.0 Å². The van der Waals surface area contributed by atoms with Crippen molar-refractivity contribution in [2.24, 2.45) is 18.4 Å². The normalized spacial score (nSPS) is 28.5. The Kier molecular flexibility index (Phi) is 2.94. The van der Waals surface area contributed by atoms with Gasteiger partial charge in [0.15, 0.2) is 0 Å². The molecule has 4 rings (SSSR count). The SMILES string of the molecule is COC[C@@]12COC[C@@H]1CN(c1ccnc3c1ccn3C)C2. The van der Waals surface area contributed by atoms with E-state index in [0.717, 1.165) is 38.6 Å². The van der Waals surface area contributed by atoms with E-state index in [1.54, 1.807) is 7.11 Å². The van der Waals surface area contributed by atoms with Gasteiger partial charge in [-0.3, -0.25) is 0 Å². The average Bonchev–Trinajstić information content (AvgIpc) is 3.12. The van der Waals surface area contributed by atoms with E-state index in [4.69, 9.17) is 9.47 Å². The van der Waals surface area contributed by atoms with Crippen LogP contribution in [0.5, 0.6) is 0 Å². The predicted octanol–water partition coefficient (Wildman–Crippen LogP) is 1.67.